The number of benzene rings is 2. The summed E-state index contributed by atoms with van der Waals surface area (Å²) in [5.74, 6) is 0.243. The molecule has 0 unspecified atom stereocenters. The lowest BCUT2D eigenvalue weighted by Crippen LogP contribution is -1.73. The zero-order chi connectivity index (χ0) is 10.4. The van der Waals surface area contributed by atoms with Crippen LogP contribution in [0, 0.1) is 0 Å². The SMILES string of the molecule is Oc1ccc2ccc3oc(Cl)cc3c2c1. The van der Waals surface area contributed by atoms with Crippen molar-refractivity contribution in [1.29, 1.82) is 0 Å². The minimum atomic E-state index is 0.243. The summed E-state index contributed by atoms with van der Waals surface area (Å²) in [5, 5.41) is 12.7. The van der Waals surface area contributed by atoms with E-state index in [1.807, 2.05) is 18.2 Å². The van der Waals surface area contributed by atoms with Gasteiger partial charge in [0.1, 0.15) is 11.3 Å². The molecular formula is C12H7ClO2. The van der Waals surface area contributed by atoms with Crippen LogP contribution in [0.25, 0.3) is 21.7 Å². The van der Waals surface area contributed by atoms with E-state index in [0.29, 0.717) is 5.22 Å². The number of fused-ring (bicyclic) bond motifs is 3. The normalized spacial score (nSPS) is 11.3. The Kier molecular flexibility index (Phi) is 1.67. The standard InChI is InChI=1S/C12H7ClO2/c13-12-6-10-9-5-8(14)3-1-7(9)2-4-11(10)15-12/h1-6,14H. The van der Waals surface area contributed by atoms with Crippen molar-refractivity contribution >= 4 is 33.3 Å². The average Bonchev–Trinajstić information content (AvgIpc) is 2.58. The molecule has 0 radical (unpaired) electrons. The fraction of sp³-hybridized carbons (Fsp3) is 0. The third kappa shape index (κ3) is 1.26. The Morgan fingerprint density at radius 3 is 2.67 bits per heavy atom. The van der Waals surface area contributed by atoms with Crippen molar-refractivity contribution in [3.8, 4) is 5.75 Å². The Morgan fingerprint density at radius 2 is 1.80 bits per heavy atom. The Balaban J connectivity index is 2.56. The van der Waals surface area contributed by atoms with Gasteiger partial charge in [0.15, 0.2) is 5.22 Å². The fourth-order valence-electron chi connectivity index (χ4n) is 1.80. The third-order valence-corrected chi connectivity index (χ3v) is 2.66. The highest BCUT2D eigenvalue weighted by Gasteiger charge is 2.06. The van der Waals surface area contributed by atoms with Crippen LogP contribution in [0.1, 0.15) is 0 Å². The number of furan rings is 1. The molecule has 0 saturated heterocycles. The first-order valence-electron chi connectivity index (χ1n) is 4.55. The molecule has 0 aliphatic heterocycles. The zero-order valence-electron chi connectivity index (χ0n) is 7.70. The van der Waals surface area contributed by atoms with Gasteiger partial charge in [-0.3, -0.25) is 0 Å². The number of hydrogen-bond donors (Lipinski definition) is 1. The Morgan fingerprint density at radius 1 is 1.00 bits per heavy atom. The summed E-state index contributed by atoms with van der Waals surface area (Å²) in [7, 11) is 0. The van der Waals surface area contributed by atoms with Gasteiger partial charge in [0.25, 0.3) is 0 Å². The molecule has 0 aliphatic carbocycles. The van der Waals surface area contributed by atoms with Crippen LogP contribution < -0.4 is 0 Å². The molecule has 1 aromatic heterocycles. The van der Waals surface area contributed by atoms with E-state index in [4.69, 9.17) is 16.0 Å². The number of phenols is 1. The predicted molar refractivity (Wildman–Crippen MR) is 60.4 cm³/mol. The molecule has 3 rings (SSSR count). The van der Waals surface area contributed by atoms with Gasteiger partial charge in [0.05, 0.1) is 0 Å². The Bertz CT molecular complexity index is 655. The van der Waals surface area contributed by atoms with Crippen molar-refractivity contribution in [3.63, 3.8) is 0 Å². The first-order valence-corrected chi connectivity index (χ1v) is 4.92. The minimum Gasteiger partial charge on any atom is -0.508 e. The molecule has 0 fully saturated rings. The maximum absolute atomic E-state index is 9.43. The molecular weight excluding hydrogens is 212 g/mol. The van der Waals surface area contributed by atoms with Gasteiger partial charge in [-0.25, -0.2) is 0 Å². The zero-order valence-corrected chi connectivity index (χ0v) is 8.45. The monoisotopic (exact) mass is 218 g/mol. The Hall–Kier alpha value is -1.67. The van der Waals surface area contributed by atoms with E-state index in [1.54, 1.807) is 18.2 Å². The first kappa shape index (κ1) is 8.62. The minimum absolute atomic E-state index is 0.243. The van der Waals surface area contributed by atoms with Crippen LogP contribution in [0.2, 0.25) is 5.22 Å². The summed E-state index contributed by atoms with van der Waals surface area (Å²) in [4.78, 5) is 0. The van der Waals surface area contributed by atoms with E-state index in [9.17, 15) is 5.11 Å². The predicted octanol–water partition coefficient (Wildman–Crippen LogP) is 3.95. The van der Waals surface area contributed by atoms with Gasteiger partial charge >= 0.3 is 0 Å². The summed E-state index contributed by atoms with van der Waals surface area (Å²) in [6, 6.07) is 10.8. The van der Waals surface area contributed by atoms with Crippen molar-refractivity contribution in [3.05, 3.63) is 41.6 Å². The second-order valence-electron chi connectivity index (χ2n) is 3.43. The van der Waals surface area contributed by atoms with E-state index < -0.39 is 0 Å². The summed E-state index contributed by atoms with van der Waals surface area (Å²) in [5.41, 5.74) is 0.734. The molecule has 0 atom stereocenters. The maximum atomic E-state index is 9.43. The molecule has 0 saturated carbocycles. The van der Waals surface area contributed by atoms with E-state index in [1.165, 1.54) is 0 Å². The van der Waals surface area contributed by atoms with Crippen LogP contribution in [0.15, 0.2) is 40.8 Å². The van der Waals surface area contributed by atoms with Crippen LogP contribution in [0.3, 0.4) is 0 Å². The number of aromatic hydroxyl groups is 1. The quantitative estimate of drug-likeness (QED) is 0.620. The van der Waals surface area contributed by atoms with Crippen LogP contribution in [-0.2, 0) is 0 Å². The highest BCUT2D eigenvalue weighted by molar-refractivity contribution is 6.30. The van der Waals surface area contributed by atoms with Gasteiger partial charge in [0, 0.05) is 11.5 Å². The molecule has 15 heavy (non-hydrogen) atoms. The first-order chi connectivity index (χ1) is 7.24. The van der Waals surface area contributed by atoms with Crippen LogP contribution in [0.5, 0.6) is 5.75 Å². The van der Waals surface area contributed by atoms with Gasteiger partial charge in [-0.15, -0.1) is 0 Å². The van der Waals surface area contributed by atoms with Crippen molar-refractivity contribution in [1.82, 2.24) is 0 Å². The van der Waals surface area contributed by atoms with Crippen molar-refractivity contribution in [2.75, 3.05) is 0 Å². The summed E-state index contributed by atoms with van der Waals surface area (Å²) in [6.07, 6.45) is 0. The molecule has 2 nitrogen and oxygen atoms in total. The third-order valence-electron chi connectivity index (χ3n) is 2.47. The highest BCUT2D eigenvalue weighted by Crippen LogP contribution is 2.31. The van der Waals surface area contributed by atoms with Gasteiger partial charge in [-0.1, -0.05) is 12.1 Å². The number of rotatable bonds is 0. The van der Waals surface area contributed by atoms with E-state index >= 15 is 0 Å². The molecule has 0 aliphatic rings. The molecule has 3 aromatic rings. The van der Waals surface area contributed by atoms with Crippen LogP contribution in [-0.4, -0.2) is 5.11 Å². The molecule has 3 heteroatoms. The number of halogens is 1. The van der Waals surface area contributed by atoms with Crippen molar-refractivity contribution in [2.45, 2.75) is 0 Å². The topological polar surface area (TPSA) is 33.4 Å². The summed E-state index contributed by atoms with van der Waals surface area (Å²) < 4.78 is 5.30. The van der Waals surface area contributed by atoms with Crippen LogP contribution >= 0.6 is 11.6 Å². The molecule has 0 amide bonds. The lowest BCUT2D eigenvalue weighted by molar-refractivity contribution is 0.476. The number of phenolic OH excluding ortho intramolecular Hbond substituents is 1. The van der Waals surface area contributed by atoms with Gasteiger partial charge < -0.3 is 9.52 Å². The maximum Gasteiger partial charge on any atom is 0.194 e. The Labute approximate surface area is 90.7 Å². The lowest BCUT2D eigenvalue weighted by Gasteiger charge is -1.99. The van der Waals surface area contributed by atoms with Crippen LogP contribution in [0.4, 0.5) is 0 Å². The summed E-state index contributed by atoms with van der Waals surface area (Å²) in [6.45, 7) is 0. The van der Waals surface area contributed by atoms with Gasteiger partial charge in [0.2, 0.25) is 0 Å². The lowest BCUT2D eigenvalue weighted by atomic mass is 10.1. The molecule has 74 valence electrons. The van der Waals surface area contributed by atoms with E-state index in [0.717, 1.165) is 21.7 Å². The van der Waals surface area contributed by atoms with E-state index in [2.05, 4.69) is 0 Å². The van der Waals surface area contributed by atoms with Gasteiger partial charge in [-0.2, -0.15) is 0 Å². The van der Waals surface area contributed by atoms with Crippen molar-refractivity contribution < 1.29 is 9.52 Å². The average molecular weight is 219 g/mol. The second kappa shape index (κ2) is 2.91. The molecule has 1 N–H and O–H groups in total. The van der Waals surface area contributed by atoms with Gasteiger partial charge in [-0.05, 0) is 40.6 Å². The van der Waals surface area contributed by atoms with Crippen molar-refractivity contribution in [2.24, 2.45) is 0 Å². The molecule has 0 bridgehead atoms. The molecule has 0 spiro atoms. The highest BCUT2D eigenvalue weighted by atomic mass is 35.5. The smallest absolute Gasteiger partial charge is 0.194 e. The van der Waals surface area contributed by atoms with E-state index in [-0.39, 0.29) is 5.75 Å². The molecule has 1 heterocycles. The second-order valence-corrected chi connectivity index (χ2v) is 3.81. The fourth-order valence-corrected chi connectivity index (χ4v) is 1.99. The molecule has 2 aromatic carbocycles. The summed E-state index contributed by atoms with van der Waals surface area (Å²) >= 11 is 5.79. The number of hydrogen-bond acceptors (Lipinski definition) is 2. The largest absolute Gasteiger partial charge is 0.508 e.